The summed E-state index contributed by atoms with van der Waals surface area (Å²) in [5.41, 5.74) is 2.23. The van der Waals surface area contributed by atoms with Gasteiger partial charge in [-0.05, 0) is 55.7 Å². The molecule has 2 aromatic carbocycles. The van der Waals surface area contributed by atoms with Crippen molar-refractivity contribution in [1.29, 1.82) is 5.41 Å². The van der Waals surface area contributed by atoms with E-state index in [4.69, 9.17) is 28.6 Å². The predicted molar refractivity (Wildman–Crippen MR) is 131 cm³/mol. The first-order valence-corrected chi connectivity index (χ1v) is 12.1. The number of nitrogens with zero attached hydrogens (tertiary/aromatic N) is 3. The van der Waals surface area contributed by atoms with Gasteiger partial charge in [-0.15, -0.1) is 0 Å². The zero-order valence-electron chi connectivity index (χ0n) is 18.7. The van der Waals surface area contributed by atoms with Gasteiger partial charge in [0.05, 0.1) is 22.6 Å². The van der Waals surface area contributed by atoms with Crippen LogP contribution in [0.15, 0.2) is 42.5 Å². The Balaban J connectivity index is 1.54. The van der Waals surface area contributed by atoms with E-state index in [2.05, 4.69) is 0 Å². The van der Waals surface area contributed by atoms with Gasteiger partial charge in [-0.3, -0.25) is 15.0 Å². The quantitative estimate of drug-likeness (QED) is 0.447. The summed E-state index contributed by atoms with van der Waals surface area (Å²) in [6.07, 6.45) is 4.93. The van der Waals surface area contributed by atoms with E-state index in [0.29, 0.717) is 35.1 Å². The molecule has 0 spiro atoms. The Kier molecular flexibility index (Phi) is 7.25. The second-order valence-electron chi connectivity index (χ2n) is 8.69. The van der Waals surface area contributed by atoms with Crippen LogP contribution in [0.25, 0.3) is 11.0 Å². The fourth-order valence-corrected chi connectivity index (χ4v) is 5.06. The zero-order chi connectivity index (χ0) is 23.5. The molecule has 0 radical (unpaired) electrons. The van der Waals surface area contributed by atoms with Gasteiger partial charge in [0, 0.05) is 36.6 Å². The number of rotatable bonds is 8. The van der Waals surface area contributed by atoms with Crippen LogP contribution in [0.5, 0.6) is 0 Å². The molecule has 1 heterocycles. The predicted octanol–water partition coefficient (Wildman–Crippen LogP) is 5.15. The van der Waals surface area contributed by atoms with E-state index < -0.39 is 0 Å². The van der Waals surface area contributed by atoms with Crippen molar-refractivity contribution in [1.82, 2.24) is 14.0 Å². The van der Waals surface area contributed by atoms with Crippen molar-refractivity contribution in [3.8, 4) is 0 Å². The Morgan fingerprint density at radius 3 is 2.45 bits per heavy atom. The molecule has 6 nitrogen and oxygen atoms in total. The molecule has 1 aliphatic carbocycles. The van der Waals surface area contributed by atoms with Crippen LogP contribution < -0.4 is 5.62 Å². The van der Waals surface area contributed by atoms with Crippen molar-refractivity contribution < 1.29 is 9.59 Å². The molecular weight excluding hydrogens is 459 g/mol. The second-order valence-corrected chi connectivity index (χ2v) is 9.54. The third-order valence-corrected chi connectivity index (χ3v) is 7.02. The summed E-state index contributed by atoms with van der Waals surface area (Å²) >= 11 is 12.5. The molecule has 4 rings (SSSR count). The number of aryl methyl sites for hydroxylation is 1. The van der Waals surface area contributed by atoms with E-state index in [-0.39, 0.29) is 29.8 Å². The van der Waals surface area contributed by atoms with Gasteiger partial charge in [-0.25, -0.2) is 0 Å². The first kappa shape index (κ1) is 23.6. The van der Waals surface area contributed by atoms with Gasteiger partial charge in [0.1, 0.15) is 0 Å². The Bertz CT molecular complexity index is 1220. The van der Waals surface area contributed by atoms with Crippen LogP contribution in [0.2, 0.25) is 10.0 Å². The highest BCUT2D eigenvalue weighted by molar-refractivity contribution is 6.35. The molecule has 1 aliphatic rings. The van der Waals surface area contributed by atoms with E-state index in [0.717, 1.165) is 36.7 Å². The standard InChI is InChI=1S/C25H28Cl2N4O2/c1-29(24(33)18-6-2-3-7-18)14-5-15-30-23-20(27)8-4-9-21(23)31(25(30)28)16-22(32)17-10-12-19(26)13-11-17/h4,8-13,18,28H,2-3,5-7,14-16H2,1H3. The number of para-hydroxylation sites is 1. The number of benzene rings is 2. The lowest BCUT2D eigenvalue weighted by Crippen LogP contribution is -2.34. The number of hydrogen-bond acceptors (Lipinski definition) is 3. The summed E-state index contributed by atoms with van der Waals surface area (Å²) in [6, 6.07) is 12.2. The first-order chi connectivity index (χ1) is 15.9. The van der Waals surface area contributed by atoms with Crippen LogP contribution >= 0.6 is 23.2 Å². The largest absolute Gasteiger partial charge is 0.345 e. The normalized spacial score (nSPS) is 14.2. The smallest absolute Gasteiger partial charge is 0.225 e. The monoisotopic (exact) mass is 486 g/mol. The third-order valence-electron chi connectivity index (χ3n) is 6.46. The minimum absolute atomic E-state index is 0.0321. The molecule has 8 heteroatoms. The molecule has 1 aromatic heterocycles. The molecule has 0 bridgehead atoms. The maximum atomic E-state index is 12.9. The maximum absolute atomic E-state index is 12.9. The van der Waals surface area contributed by atoms with Crippen LogP contribution in [0, 0.1) is 11.3 Å². The number of amides is 1. The van der Waals surface area contributed by atoms with Crippen LogP contribution in [-0.4, -0.2) is 39.3 Å². The van der Waals surface area contributed by atoms with Gasteiger partial charge in [0.25, 0.3) is 0 Å². The van der Waals surface area contributed by atoms with Gasteiger partial charge >= 0.3 is 0 Å². The maximum Gasteiger partial charge on any atom is 0.225 e. The van der Waals surface area contributed by atoms with E-state index in [1.165, 1.54) is 0 Å². The Morgan fingerprint density at radius 2 is 1.76 bits per heavy atom. The second kappa shape index (κ2) is 10.1. The van der Waals surface area contributed by atoms with Crippen molar-refractivity contribution in [3.05, 3.63) is 63.7 Å². The highest BCUT2D eigenvalue weighted by atomic mass is 35.5. The molecule has 1 saturated carbocycles. The fraction of sp³-hybridized carbons (Fsp3) is 0.400. The minimum Gasteiger partial charge on any atom is -0.345 e. The van der Waals surface area contributed by atoms with Crippen LogP contribution in [-0.2, 0) is 17.9 Å². The number of carbonyl (C=O) groups is 2. The molecule has 0 saturated heterocycles. The van der Waals surface area contributed by atoms with E-state index in [1.807, 2.05) is 28.6 Å². The lowest BCUT2D eigenvalue weighted by atomic mass is 10.1. The number of aromatic nitrogens is 2. The van der Waals surface area contributed by atoms with Crippen LogP contribution in [0.4, 0.5) is 0 Å². The number of fused-ring (bicyclic) bond motifs is 1. The van der Waals surface area contributed by atoms with Gasteiger partial charge in [0.2, 0.25) is 11.5 Å². The summed E-state index contributed by atoms with van der Waals surface area (Å²) < 4.78 is 3.52. The SMILES string of the molecule is CN(CCCn1c(=N)n(CC(=O)c2ccc(Cl)cc2)c2cccc(Cl)c21)C(=O)C1CCCC1. The summed E-state index contributed by atoms with van der Waals surface area (Å²) in [4.78, 5) is 27.3. The van der Waals surface area contributed by atoms with Gasteiger partial charge in [-0.2, -0.15) is 0 Å². The molecule has 174 valence electrons. The molecule has 1 amide bonds. The summed E-state index contributed by atoms with van der Waals surface area (Å²) in [7, 11) is 1.86. The summed E-state index contributed by atoms with van der Waals surface area (Å²) in [5.74, 6) is 0.272. The highest BCUT2D eigenvalue weighted by Crippen LogP contribution is 2.26. The lowest BCUT2D eigenvalue weighted by Gasteiger charge is -2.21. The van der Waals surface area contributed by atoms with E-state index in [1.54, 1.807) is 34.9 Å². The number of carbonyl (C=O) groups excluding carboxylic acids is 2. The number of Topliss-reactive ketones (excluding diaryl/α,β-unsaturated/α-hetero) is 1. The van der Waals surface area contributed by atoms with E-state index >= 15 is 0 Å². The summed E-state index contributed by atoms with van der Waals surface area (Å²) in [5, 5.41) is 9.89. The van der Waals surface area contributed by atoms with Crippen molar-refractivity contribution in [3.63, 3.8) is 0 Å². The fourth-order valence-electron chi connectivity index (χ4n) is 4.66. The summed E-state index contributed by atoms with van der Waals surface area (Å²) in [6.45, 7) is 1.18. The number of hydrogen-bond donors (Lipinski definition) is 1. The van der Waals surface area contributed by atoms with E-state index in [9.17, 15) is 9.59 Å². The number of halogens is 2. The first-order valence-electron chi connectivity index (χ1n) is 11.3. The highest BCUT2D eigenvalue weighted by Gasteiger charge is 2.25. The third kappa shape index (κ3) is 5.02. The van der Waals surface area contributed by atoms with Gasteiger partial charge in [-0.1, -0.05) is 42.1 Å². The Hall–Kier alpha value is -2.57. The molecule has 0 aliphatic heterocycles. The zero-order valence-corrected chi connectivity index (χ0v) is 20.2. The molecule has 0 atom stereocenters. The van der Waals surface area contributed by atoms with Gasteiger partial charge < -0.3 is 14.0 Å². The van der Waals surface area contributed by atoms with Crippen molar-refractivity contribution in [2.45, 2.75) is 45.2 Å². The molecule has 1 N–H and O–H groups in total. The molecule has 1 fully saturated rings. The number of ketones is 1. The van der Waals surface area contributed by atoms with Crippen molar-refractivity contribution in [2.24, 2.45) is 5.92 Å². The minimum atomic E-state index is -0.105. The lowest BCUT2D eigenvalue weighted by molar-refractivity contribution is -0.134. The van der Waals surface area contributed by atoms with Gasteiger partial charge in [0.15, 0.2) is 5.78 Å². The number of imidazole rings is 1. The van der Waals surface area contributed by atoms with Crippen LogP contribution in [0.1, 0.15) is 42.5 Å². The Morgan fingerprint density at radius 1 is 1.06 bits per heavy atom. The molecule has 33 heavy (non-hydrogen) atoms. The molecule has 3 aromatic rings. The topological polar surface area (TPSA) is 71.1 Å². The molecular formula is C25H28Cl2N4O2. The Labute approximate surface area is 203 Å². The average Bonchev–Trinajstić information content (AvgIpc) is 3.43. The average molecular weight is 487 g/mol. The van der Waals surface area contributed by atoms with Crippen molar-refractivity contribution in [2.75, 3.05) is 13.6 Å². The number of nitrogens with one attached hydrogen (secondary N) is 1. The molecule has 0 unspecified atom stereocenters. The van der Waals surface area contributed by atoms with Crippen LogP contribution in [0.3, 0.4) is 0 Å². The van der Waals surface area contributed by atoms with Crippen molar-refractivity contribution >= 4 is 45.9 Å².